The summed E-state index contributed by atoms with van der Waals surface area (Å²) in [5.74, 6) is 0.112. The lowest BCUT2D eigenvalue weighted by Crippen LogP contribution is -2.48. The molecule has 118 valence electrons. The fraction of sp³-hybridized carbons (Fsp3) is 0.500. The molecule has 1 aliphatic heterocycles. The lowest BCUT2D eigenvalue weighted by atomic mass is 10.2. The van der Waals surface area contributed by atoms with Gasteiger partial charge in [0, 0.05) is 23.3 Å². The van der Waals surface area contributed by atoms with E-state index in [2.05, 4.69) is 15.3 Å². The smallest absolute Gasteiger partial charge is 0.237 e. The summed E-state index contributed by atoms with van der Waals surface area (Å²) in [5, 5.41) is 9.36. The summed E-state index contributed by atoms with van der Waals surface area (Å²) in [6.45, 7) is 4.47. The van der Waals surface area contributed by atoms with Crippen molar-refractivity contribution < 1.29 is 4.79 Å². The van der Waals surface area contributed by atoms with Gasteiger partial charge in [0.05, 0.1) is 19.1 Å². The normalized spacial score (nSPS) is 20.1. The topological polar surface area (TPSA) is 50.2 Å². The Kier molecular flexibility index (Phi) is 4.90. The van der Waals surface area contributed by atoms with Crippen molar-refractivity contribution in [2.24, 2.45) is 0 Å². The number of nitrogens with one attached hydrogen (secondary N) is 1. The molecule has 0 bridgehead atoms. The third-order valence-corrected chi connectivity index (χ3v) is 5.15. The van der Waals surface area contributed by atoms with Crippen LogP contribution in [-0.2, 0) is 17.9 Å². The molecule has 0 radical (unpaired) electrons. The second-order valence-corrected chi connectivity index (χ2v) is 6.77. The fourth-order valence-electron chi connectivity index (χ4n) is 3.07. The Bertz CT molecular complexity index is 581. The van der Waals surface area contributed by atoms with Gasteiger partial charge in [0.25, 0.3) is 0 Å². The highest BCUT2D eigenvalue weighted by molar-refractivity contribution is 7.09. The molecule has 1 amide bonds. The molecule has 2 aromatic heterocycles. The lowest BCUT2D eigenvalue weighted by molar-refractivity contribution is -0.126. The molecule has 3 rings (SSSR count). The number of aromatic nitrogens is 2. The highest BCUT2D eigenvalue weighted by Gasteiger charge is 2.32. The van der Waals surface area contributed by atoms with Crippen molar-refractivity contribution >= 4 is 17.2 Å². The number of nitrogens with zero attached hydrogens (tertiary/aromatic N) is 3. The molecule has 3 heterocycles. The van der Waals surface area contributed by atoms with Crippen LogP contribution in [0.15, 0.2) is 36.0 Å². The molecule has 22 heavy (non-hydrogen) atoms. The number of carbonyl (C=O) groups excluding carboxylic acids is 1. The van der Waals surface area contributed by atoms with Crippen molar-refractivity contribution in [3.05, 3.63) is 40.8 Å². The van der Waals surface area contributed by atoms with Gasteiger partial charge in [-0.2, -0.15) is 5.10 Å². The van der Waals surface area contributed by atoms with E-state index in [9.17, 15) is 4.79 Å². The van der Waals surface area contributed by atoms with E-state index in [-0.39, 0.29) is 11.9 Å². The third-order valence-electron chi connectivity index (χ3n) is 4.27. The van der Waals surface area contributed by atoms with Gasteiger partial charge in [0.15, 0.2) is 0 Å². The summed E-state index contributed by atoms with van der Waals surface area (Å²) in [7, 11) is 0. The minimum absolute atomic E-state index is 0.0944. The molecule has 2 aromatic rings. The summed E-state index contributed by atoms with van der Waals surface area (Å²) < 4.78 is 1.96. The average Bonchev–Trinajstić information content (AvgIpc) is 3.27. The molecule has 1 aliphatic rings. The highest BCUT2D eigenvalue weighted by atomic mass is 32.1. The van der Waals surface area contributed by atoms with Crippen LogP contribution in [0.4, 0.5) is 0 Å². The average molecular weight is 318 g/mol. The largest absolute Gasteiger partial charge is 0.350 e. The first kappa shape index (κ1) is 15.2. The lowest BCUT2D eigenvalue weighted by Gasteiger charge is -2.29. The summed E-state index contributed by atoms with van der Waals surface area (Å²) in [6, 6.07) is 6.30. The Balaban J connectivity index is 1.55. The van der Waals surface area contributed by atoms with E-state index in [1.165, 1.54) is 4.88 Å². The van der Waals surface area contributed by atoms with E-state index in [1.807, 2.05) is 41.4 Å². The Morgan fingerprint density at radius 1 is 1.55 bits per heavy atom. The zero-order valence-electron chi connectivity index (χ0n) is 12.8. The van der Waals surface area contributed by atoms with Crippen molar-refractivity contribution in [3.8, 4) is 0 Å². The molecular weight excluding hydrogens is 296 g/mol. The van der Waals surface area contributed by atoms with Gasteiger partial charge in [-0.25, -0.2) is 0 Å². The predicted octanol–water partition coefficient (Wildman–Crippen LogP) is 2.11. The van der Waals surface area contributed by atoms with Crippen LogP contribution >= 0.6 is 11.3 Å². The molecule has 5 nitrogen and oxygen atoms in total. The van der Waals surface area contributed by atoms with Gasteiger partial charge in [0.2, 0.25) is 5.91 Å². The quantitative estimate of drug-likeness (QED) is 0.887. The number of likely N-dealkylation sites (tertiary alicyclic amines) is 1. The first-order chi connectivity index (χ1) is 10.7. The van der Waals surface area contributed by atoms with Crippen molar-refractivity contribution in [1.82, 2.24) is 20.0 Å². The van der Waals surface area contributed by atoms with Crippen molar-refractivity contribution in [3.63, 3.8) is 0 Å². The van der Waals surface area contributed by atoms with E-state index in [1.54, 1.807) is 17.5 Å². The SMILES string of the molecule is C[C@H](C(=O)NCc1cccs1)N1CCC[C@H]1Cn1cccn1. The number of amides is 1. The second kappa shape index (κ2) is 7.07. The molecule has 0 aliphatic carbocycles. The summed E-state index contributed by atoms with van der Waals surface area (Å²) in [5.41, 5.74) is 0. The Hall–Kier alpha value is -1.66. The van der Waals surface area contributed by atoms with Gasteiger partial charge >= 0.3 is 0 Å². The molecule has 0 spiro atoms. The van der Waals surface area contributed by atoms with E-state index in [0.717, 1.165) is 25.9 Å². The maximum atomic E-state index is 12.4. The molecule has 2 atom stereocenters. The zero-order chi connectivity index (χ0) is 15.4. The van der Waals surface area contributed by atoms with Crippen LogP contribution in [0.3, 0.4) is 0 Å². The van der Waals surface area contributed by atoms with Crippen LogP contribution < -0.4 is 5.32 Å². The maximum absolute atomic E-state index is 12.4. The summed E-state index contributed by atoms with van der Waals surface area (Å²) >= 11 is 1.67. The number of carbonyl (C=O) groups is 1. The Morgan fingerprint density at radius 2 is 2.45 bits per heavy atom. The first-order valence-corrected chi connectivity index (χ1v) is 8.65. The molecule has 6 heteroatoms. The molecule has 0 aromatic carbocycles. The maximum Gasteiger partial charge on any atom is 0.237 e. The fourth-order valence-corrected chi connectivity index (χ4v) is 3.72. The van der Waals surface area contributed by atoms with E-state index in [4.69, 9.17) is 0 Å². The van der Waals surface area contributed by atoms with Crippen LogP contribution in [0, 0.1) is 0 Å². The van der Waals surface area contributed by atoms with Gasteiger partial charge in [-0.3, -0.25) is 14.4 Å². The first-order valence-electron chi connectivity index (χ1n) is 7.77. The van der Waals surface area contributed by atoms with Crippen molar-refractivity contribution in [2.75, 3.05) is 6.54 Å². The van der Waals surface area contributed by atoms with E-state index < -0.39 is 0 Å². The number of thiophene rings is 1. The van der Waals surface area contributed by atoms with Gasteiger partial charge in [-0.15, -0.1) is 11.3 Å². The van der Waals surface area contributed by atoms with Gasteiger partial charge in [0.1, 0.15) is 0 Å². The monoisotopic (exact) mass is 318 g/mol. The minimum atomic E-state index is -0.0944. The zero-order valence-corrected chi connectivity index (χ0v) is 13.6. The van der Waals surface area contributed by atoms with Crippen LogP contribution in [0.25, 0.3) is 0 Å². The molecule has 1 fully saturated rings. The molecular formula is C16H22N4OS. The van der Waals surface area contributed by atoms with Gasteiger partial charge < -0.3 is 5.32 Å². The minimum Gasteiger partial charge on any atom is -0.350 e. The van der Waals surface area contributed by atoms with Crippen molar-refractivity contribution in [2.45, 2.75) is 44.9 Å². The standard InChI is InChI=1S/C16H22N4OS/c1-13(16(21)17-11-15-6-3-10-22-15)20-9-2-5-14(20)12-19-8-4-7-18-19/h3-4,6-8,10,13-14H,2,5,9,11-12H2,1H3,(H,17,21)/t13-,14+/m1/s1. The van der Waals surface area contributed by atoms with Gasteiger partial charge in [-0.1, -0.05) is 6.07 Å². The summed E-state index contributed by atoms with van der Waals surface area (Å²) in [4.78, 5) is 15.9. The van der Waals surface area contributed by atoms with E-state index >= 15 is 0 Å². The number of rotatable bonds is 6. The Morgan fingerprint density at radius 3 is 3.18 bits per heavy atom. The highest BCUT2D eigenvalue weighted by Crippen LogP contribution is 2.21. The number of hydrogen-bond donors (Lipinski definition) is 1. The number of hydrogen-bond acceptors (Lipinski definition) is 4. The van der Waals surface area contributed by atoms with Crippen LogP contribution in [0.1, 0.15) is 24.6 Å². The van der Waals surface area contributed by atoms with Crippen molar-refractivity contribution in [1.29, 1.82) is 0 Å². The third kappa shape index (κ3) is 3.56. The van der Waals surface area contributed by atoms with Crippen LogP contribution in [-0.4, -0.2) is 39.2 Å². The molecule has 1 N–H and O–H groups in total. The Labute approximate surface area is 134 Å². The van der Waals surface area contributed by atoms with Gasteiger partial charge in [-0.05, 0) is 43.8 Å². The second-order valence-electron chi connectivity index (χ2n) is 5.74. The van der Waals surface area contributed by atoms with Crippen LogP contribution in [0.2, 0.25) is 0 Å². The predicted molar refractivity (Wildman–Crippen MR) is 87.6 cm³/mol. The van der Waals surface area contributed by atoms with E-state index in [0.29, 0.717) is 12.6 Å². The summed E-state index contributed by atoms with van der Waals surface area (Å²) in [6.07, 6.45) is 6.06. The molecule has 0 saturated carbocycles. The molecule has 1 saturated heterocycles. The van der Waals surface area contributed by atoms with Crippen LogP contribution in [0.5, 0.6) is 0 Å². The molecule has 0 unspecified atom stereocenters.